The molecule has 3 aromatic carbocycles. The van der Waals surface area contributed by atoms with Crippen LogP contribution in [0.4, 0.5) is 0 Å². The summed E-state index contributed by atoms with van der Waals surface area (Å²) in [5, 5.41) is 0.477. The Hall–Kier alpha value is -4.52. The summed E-state index contributed by atoms with van der Waals surface area (Å²) in [6.45, 7) is 5.01. The molecule has 0 unspecified atom stereocenters. The Morgan fingerprint density at radius 1 is 0.778 bits per heavy atom. The fraction of sp³-hybridized carbons (Fsp3) is 0.172. The lowest BCUT2D eigenvalue weighted by molar-refractivity contribution is 0.340. The molecule has 0 atom stereocenters. The second-order valence-corrected chi connectivity index (χ2v) is 8.60. The van der Waals surface area contributed by atoms with Crippen LogP contribution in [0.1, 0.15) is 25.2 Å². The minimum Gasteiger partial charge on any atom is -0.494 e. The molecule has 0 aliphatic carbocycles. The van der Waals surface area contributed by atoms with Crippen LogP contribution in [0.15, 0.2) is 83.7 Å². The third kappa shape index (κ3) is 3.60. The summed E-state index contributed by atoms with van der Waals surface area (Å²) in [7, 11) is 0. The summed E-state index contributed by atoms with van der Waals surface area (Å²) in [5.74, 6) is 1.50. The lowest BCUT2D eigenvalue weighted by Crippen LogP contribution is -2.26. The number of aromatic nitrogens is 5. The Morgan fingerprint density at radius 2 is 1.47 bits per heavy atom. The molecule has 0 spiro atoms. The monoisotopic (exact) mass is 475 g/mol. The van der Waals surface area contributed by atoms with Crippen molar-refractivity contribution in [1.29, 1.82) is 0 Å². The molecule has 0 fully saturated rings. The van der Waals surface area contributed by atoms with E-state index in [1.165, 1.54) is 0 Å². The first kappa shape index (κ1) is 22.0. The third-order valence-electron chi connectivity index (χ3n) is 6.35. The molecule has 0 N–H and O–H groups in total. The van der Waals surface area contributed by atoms with E-state index in [4.69, 9.17) is 19.7 Å². The van der Waals surface area contributed by atoms with Crippen LogP contribution in [-0.4, -0.2) is 30.7 Å². The number of rotatable bonds is 6. The van der Waals surface area contributed by atoms with E-state index >= 15 is 0 Å². The van der Waals surface area contributed by atoms with Crippen LogP contribution >= 0.6 is 0 Å². The van der Waals surface area contributed by atoms with E-state index in [1.807, 2.05) is 97.3 Å². The molecule has 0 amide bonds. The number of hydrogen-bond acceptors (Lipinski definition) is 5. The standard InChI is InChI=1S/C29H25N5O2/c1-3-24-32-27-25(29(35)33(24)18-19-10-6-5-7-11-19)26-28(31-23-13-9-8-12-22(23)30-26)34(27)20-14-16-21(17-15-20)36-4-2/h5-17H,3-4,18H2,1-2H3. The molecule has 178 valence electrons. The van der Waals surface area contributed by atoms with Gasteiger partial charge in [0.25, 0.3) is 5.56 Å². The molecule has 0 radical (unpaired) electrons. The maximum atomic E-state index is 14.1. The maximum Gasteiger partial charge on any atom is 0.265 e. The van der Waals surface area contributed by atoms with E-state index < -0.39 is 0 Å². The van der Waals surface area contributed by atoms with Gasteiger partial charge >= 0.3 is 0 Å². The van der Waals surface area contributed by atoms with E-state index in [2.05, 4.69) is 0 Å². The third-order valence-corrected chi connectivity index (χ3v) is 6.35. The summed E-state index contributed by atoms with van der Waals surface area (Å²) in [6.07, 6.45) is 0.617. The van der Waals surface area contributed by atoms with Gasteiger partial charge in [-0.25, -0.2) is 15.0 Å². The average Bonchev–Trinajstić information content (AvgIpc) is 3.23. The lowest BCUT2D eigenvalue weighted by Gasteiger charge is -2.13. The van der Waals surface area contributed by atoms with Crippen molar-refractivity contribution in [1.82, 2.24) is 24.1 Å². The first-order valence-electron chi connectivity index (χ1n) is 12.2. The highest BCUT2D eigenvalue weighted by molar-refractivity contribution is 6.05. The van der Waals surface area contributed by atoms with E-state index in [0.717, 1.165) is 33.9 Å². The molecule has 0 aliphatic rings. The van der Waals surface area contributed by atoms with Crippen molar-refractivity contribution in [2.75, 3.05) is 6.61 Å². The van der Waals surface area contributed by atoms with Crippen LogP contribution < -0.4 is 10.3 Å². The zero-order valence-corrected chi connectivity index (χ0v) is 20.2. The van der Waals surface area contributed by atoms with Gasteiger partial charge < -0.3 is 4.74 Å². The van der Waals surface area contributed by atoms with Crippen molar-refractivity contribution >= 4 is 33.2 Å². The van der Waals surface area contributed by atoms with Crippen molar-refractivity contribution in [2.24, 2.45) is 0 Å². The summed E-state index contributed by atoms with van der Waals surface area (Å²) < 4.78 is 9.33. The SMILES string of the molecule is CCOc1ccc(-n2c3nc4ccccc4nc3c3c(=O)n(Cc4ccccc4)c(CC)nc32)cc1. The Kier molecular flexibility index (Phi) is 5.45. The average molecular weight is 476 g/mol. The second-order valence-electron chi connectivity index (χ2n) is 8.60. The van der Waals surface area contributed by atoms with Crippen molar-refractivity contribution in [2.45, 2.75) is 26.8 Å². The number of ether oxygens (including phenoxy) is 1. The van der Waals surface area contributed by atoms with Gasteiger partial charge in [0.15, 0.2) is 11.3 Å². The molecule has 6 aromatic rings. The molecule has 3 aromatic heterocycles. The molecule has 0 aliphatic heterocycles. The molecule has 7 heteroatoms. The number of nitrogens with zero attached hydrogens (tertiary/aromatic N) is 5. The first-order valence-corrected chi connectivity index (χ1v) is 12.2. The quantitative estimate of drug-likeness (QED) is 0.327. The molecule has 0 saturated carbocycles. The van der Waals surface area contributed by atoms with Crippen LogP contribution in [0.3, 0.4) is 0 Å². The summed E-state index contributed by atoms with van der Waals surface area (Å²) in [6, 6.07) is 25.4. The largest absolute Gasteiger partial charge is 0.494 e. The minimum atomic E-state index is -0.111. The van der Waals surface area contributed by atoms with E-state index in [0.29, 0.717) is 41.8 Å². The Morgan fingerprint density at radius 3 is 2.17 bits per heavy atom. The highest BCUT2D eigenvalue weighted by atomic mass is 16.5. The zero-order valence-electron chi connectivity index (χ0n) is 20.2. The van der Waals surface area contributed by atoms with E-state index in [-0.39, 0.29) is 5.56 Å². The fourth-order valence-electron chi connectivity index (χ4n) is 4.67. The number of fused-ring (bicyclic) bond motifs is 4. The summed E-state index contributed by atoms with van der Waals surface area (Å²) >= 11 is 0. The van der Waals surface area contributed by atoms with E-state index in [1.54, 1.807) is 4.57 Å². The van der Waals surface area contributed by atoms with Gasteiger partial charge in [0.2, 0.25) is 0 Å². The number of aryl methyl sites for hydroxylation is 1. The molecule has 36 heavy (non-hydrogen) atoms. The Labute approximate surface area is 207 Å². The van der Waals surface area contributed by atoms with Gasteiger partial charge in [0.05, 0.1) is 24.2 Å². The molecule has 7 nitrogen and oxygen atoms in total. The van der Waals surface area contributed by atoms with Gasteiger partial charge in [-0.15, -0.1) is 0 Å². The molecule has 3 heterocycles. The van der Waals surface area contributed by atoms with Gasteiger partial charge in [0, 0.05) is 12.1 Å². The molecular weight excluding hydrogens is 450 g/mol. The zero-order chi connectivity index (χ0) is 24.6. The Bertz CT molecular complexity index is 1770. The van der Waals surface area contributed by atoms with Crippen molar-refractivity contribution in [3.05, 3.63) is 101 Å². The van der Waals surface area contributed by atoms with Gasteiger partial charge in [-0.05, 0) is 48.9 Å². The second kappa shape index (κ2) is 8.92. The van der Waals surface area contributed by atoms with Crippen LogP contribution in [0.2, 0.25) is 0 Å². The highest BCUT2D eigenvalue weighted by Crippen LogP contribution is 2.29. The fourth-order valence-corrected chi connectivity index (χ4v) is 4.67. The maximum absolute atomic E-state index is 14.1. The molecule has 0 saturated heterocycles. The van der Waals surface area contributed by atoms with Crippen molar-refractivity contribution < 1.29 is 4.74 Å². The topological polar surface area (TPSA) is 74.8 Å². The van der Waals surface area contributed by atoms with E-state index in [9.17, 15) is 4.79 Å². The van der Waals surface area contributed by atoms with Crippen LogP contribution in [-0.2, 0) is 13.0 Å². The van der Waals surface area contributed by atoms with Crippen molar-refractivity contribution in [3.8, 4) is 11.4 Å². The van der Waals surface area contributed by atoms with Crippen molar-refractivity contribution in [3.63, 3.8) is 0 Å². The van der Waals surface area contributed by atoms with Gasteiger partial charge in [-0.1, -0.05) is 49.4 Å². The smallest absolute Gasteiger partial charge is 0.265 e. The molecular formula is C29H25N5O2. The first-order chi connectivity index (χ1) is 17.7. The normalized spacial score (nSPS) is 11.5. The van der Waals surface area contributed by atoms with Crippen LogP contribution in [0.5, 0.6) is 5.75 Å². The predicted molar refractivity (Wildman–Crippen MR) is 142 cm³/mol. The highest BCUT2D eigenvalue weighted by Gasteiger charge is 2.23. The van der Waals surface area contributed by atoms with Crippen LogP contribution in [0, 0.1) is 0 Å². The van der Waals surface area contributed by atoms with Gasteiger partial charge in [0.1, 0.15) is 22.5 Å². The van der Waals surface area contributed by atoms with Gasteiger partial charge in [-0.3, -0.25) is 13.9 Å². The lowest BCUT2D eigenvalue weighted by atomic mass is 10.2. The molecule has 0 bridgehead atoms. The Balaban J connectivity index is 1.69. The summed E-state index contributed by atoms with van der Waals surface area (Å²) in [5.41, 5.74) is 5.01. The number of benzene rings is 3. The molecule has 6 rings (SSSR count). The predicted octanol–water partition coefficient (Wildman–Crippen LogP) is 5.29. The summed E-state index contributed by atoms with van der Waals surface area (Å²) in [4.78, 5) is 28.9. The minimum absolute atomic E-state index is 0.111. The number of hydrogen-bond donors (Lipinski definition) is 0. The van der Waals surface area contributed by atoms with Crippen LogP contribution in [0.25, 0.3) is 38.9 Å². The van der Waals surface area contributed by atoms with Gasteiger partial charge in [-0.2, -0.15) is 0 Å². The number of para-hydroxylation sites is 2.